The number of halogens is 1. The van der Waals surface area contributed by atoms with E-state index in [0.717, 1.165) is 24.7 Å². The van der Waals surface area contributed by atoms with Gasteiger partial charge in [0.05, 0.1) is 25.6 Å². The van der Waals surface area contributed by atoms with E-state index in [1.54, 1.807) is 11.0 Å². The lowest BCUT2D eigenvalue weighted by molar-refractivity contribution is -0.0322. The van der Waals surface area contributed by atoms with E-state index in [4.69, 9.17) is 25.3 Å². The molecular weight excluding hydrogens is 418 g/mol. The largest absolute Gasteiger partial charge is 0.444 e. The molecule has 1 amide bonds. The fourth-order valence-electron chi connectivity index (χ4n) is 3.30. The first kappa shape index (κ1) is 23.9. The minimum atomic E-state index is -3.53. The molecule has 1 heterocycles. The van der Waals surface area contributed by atoms with Gasteiger partial charge in [0.1, 0.15) is 5.60 Å². The summed E-state index contributed by atoms with van der Waals surface area (Å²) in [6.07, 6.45) is 2.00. The summed E-state index contributed by atoms with van der Waals surface area (Å²) in [5.41, 5.74) is 0.323. The van der Waals surface area contributed by atoms with Gasteiger partial charge in [-0.3, -0.25) is 4.18 Å². The number of hydrogen-bond acceptors (Lipinski definition) is 6. The van der Waals surface area contributed by atoms with Crippen LogP contribution >= 0.6 is 11.6 Å². The Balaban J connectivity index is 2.11. The molecule has 0 saturated carbocycles. The van der Waals surface area contributed by atoms with E-state index in [1.165, 1.54) is 0 Å². The van der Waals surface area contributed by atoms with Crippen LogP contribution < -0.4 is 0 Å². The maximum absolute atomic E-state index is 12.5. The molecular formula is C20H30ClNO6S. The summed E-state index contributed by atoms with van der Waals surface area (Å²) in [6.45, 7) is 6.67. The van der Waals surface area contributed by atoms with Crippen LogP contribution in [0.15, 0.2) is 24.3 Å². The van der Waals surface area contributed by atoms with Crippen LogP contribution in [0.2, 0.25) is 5.02 Å². The summed E-state index contributed by atoms with van der Waals surface area (Å²) < 4.78 is 38.6. The molecule has 0 radical (unpaired) electrons. The van der Waals surface area contributed by atoms with Gasteiger partial charge in [0.2, 0.25) is 0 Å². The fraction of sp³-hybridized carbons (Fsp3) is 0.650. The number of benzene rings is 1. The molecule has 1 fully saturated rings. The molecule has 1 aromatic rings. The summed E-state index contributed by atoms with van der Waals surface area (Å²) in [6, 6.07) is 7.37. The Kier molecular flexibility index (Phi) is 8.34. The highest BCUT2D eigenvalue weighted by atomic mass is 35.5. The van der Waals surface area contributed by atoms with E-state index in [0.29, 0.717) is 18.1 Å². The Bertz CT molecular complexity index is 792. The van der Waals surface area contributed by atoms with Crippen LogP contribution in [0.25, 0.3) is 0 Å². The number of piperidine rings is 1. The van der Waals surface area contributed by atoms with Crippen molar-refractivity contribution in [2.45, 2.75) is 45.3 Å². The van der Waals surface area contributed by atoms with Crippen LogP contribution in [-0.2, 0) is 23.8 Å². The number of hydrogen-bond donors (Lipinski definition) is 0. The molecule has 7 nitrogen and oxygen atoms in total. The van der Waals surface area contributed by atoms with Crippen LogP contribution in [0.3, 0.4) is 0 Å². The van der Waals surface area contributed by atoms with Crippen molar-refractivity contribution in [3.63, 3.8) is 0 Å². The molecule has 1 saturated heterocycles. The normalized spacial score (nSPS) is 19.1. The van der Waals surface area contributed by atoms with Crippen molar-refractivity contribution < 1.29 is 26.9 Å². The standard InChI is InChI=1S/C20H30ClNO6S/c1-20(2,3)28-19(23)22-10-6-8-16(14-22)18(15-7-5-9-17(21)13-15)26-11-12-27-29(4,24)25/h5,7,9,13,16,18H,6,8,10-12,14H2,1-4H3. The zero-order valence-corrected chi connectivity index (χ0v) is 19.0. The Labute approximate surface area is 178 Å². The highest BCUT2D eigenvalue weighted by molar-refractivity contribution is 7.85. The number of nitrogens with zero attached hydrogens (tertiary/aromatic N) is 1. The Hall–Kier alpha value is -1.35. The van der Waals surface area contributed by atoms with Crippen molar-refractivity contribution >= 4 is 27.8 Å². The van der Waals surface area contributed by atoms with E-state index < -0.39 is 15.7 Å². The molecule has 29 heavy (non-hydrogen) atoms. The van der Waals surface area contributed by atoms with Crippen LogP contribution in [0, 0.1) is 5.92 Å². The number of carbonyl (C=O) groups is 1. The zero-order valence-electron chi connectivity index (χ0n) is 17.4. The Morgan fingerprint density at radius 1 is 1.31 bits per heavy atom. The van der Waals surface area contributed by atoms with Gasteiger partial charge in [0, 0.05) is 24.0 Å². The predicted molar refractivity (Wildman–Crippen MR) is 111 cm³/mol. The highest BCUT2D eigenvalue weighted by Gasteiger charge is 2.33. The molecule has 164 valence electrons. The summed E-state index contributed by atoms with van der Waals surface area (Å²) in [5, 5.41) is 0.586. The number of rotatable bonds is 7. The minimum absolute atomic E-state index is 0.0213. The lowest BCUT2D eigenvalue weighted by atomic mass is 9.88. The molecule has 0 aromatic heterocycles. The topological polar surface area (TPSA) is 82.1 Å². The maximum Gasteiger partial charge on any atom is 0.410 e. The second kappa shape index (κ2) is 10.1. The number of amides is 1. The van der Waals surface area contributed by atoms with Crippen molar-refractivity contribution in [1.82, 2.24) is 4.90 Å². The summed E-state index contributed by atoms with van der Waals surface area (Å²) in [4.78, 5) is 14.2. The highest BCUT2D eigenvalue weighted by Crippen LogP contribution is 2.34. The fourth-order valence-corrected chi connectivity index (χ4v) is 3.87. The first-order chi connectivity index (χ1) is 13.4. The molecule has 1 aliphatic heterocycles. The van der Waals surface area contributed by atoms with E-state index in [-0.39, 0.29) is 31.3 Å². The summed E-state index contributed by atoms with van der Waals surface area (Å²) in [5.74, 6) is 0.0213. The lowest BCUT2D eigenvalue weighted by Crippen LogP contribution is -2.44. The molecule has 2 atom stereocenters. The van der Waals surface area contributed by atoms with Gasteiger partial charge in [-0.15, -0.1) is 0 Å². The van der Waals surface area contributed by atoms with E-state index >= 15 is 0 Å². The van der Waals surface area contributed by atoms with Gasteiger partial charge in [0.15, 0.2) is 0 Å². The van der Waals surface area contributed by atoms with Crippen LogP contribution in [-0.4, -0.2) is 57.6 Å². The maximum atomic E-state index is 12.5. The third-order valence-electron chi connectivity index (χ3n) is 4.39. The molecule has 9 heteroatoms. The second-order valence-corrected chi connectivity index (χ2v) is 10.3. The Morgan fingerprint density at radius 3 is 2.66 bits per heavy atom. The molecule has 2 rings (SSSR count). The molecule has 1 aliphatic rings. The summed E-state index contributed by atoms with van der Waals surface area (Å²) >= 11 is 6.16. The monoisotopic (exact) mass is 447 g/mol. The second-order valence-electron chi connectivity index (χ2n) is 8.20. The molecule has 0 aliphatic carbocycles. The number of ether oxygens (including phenoxy) is 2. The average Bonchev–Trinajstić information content (AvgIpc) is 2.59. The zero-order chi connectivity index (χ0) is 21.7. The van der Waals surface area contributed by atoms with Crippen molar-refractivity contribution in [2.24, 2.45) is 5.92 Å². The molecule has 2 unspecified atom stereocenters. The first-order valence-electron chi connectivity index (χ1n) is 9.64. The molecule has 0 N–H and O–H groups in total. The van der Waals surface area contributed by atoms with Crippen molar-refractivity contribution in [3.8, 4) is 0 Å². The lowest BCUT2D eigenvalue weighted by Gasteiger charge is -2.37. The summed E-state index contributed by atoms with van der Waals surface area (Å²) in [7, 11) is -3.53. The van der Waals surface area contributed by atoms with Crippen molar-refractivity contribution in [2.75, 3.05) is 32.6 Å². The third kappa shape index (κ3) is 8.50. The minimum Gasteiger partial charge on any atom is -0.444 e. The van der Waals surface area contributed by atoms with E-state index in [1.807, 2.05) is 39.0 Å². The average molecular weight is 448 g/mol. The molecule has 0 bridgehead atoms. The third-order valence-corrected chi connectivity index (χ3v) is 5.22. The van der Waals surface area contributed by atoms with Gasteiger partial charge in [-0.1, -0.05) is 23.7 Å². The Morgan fingerprint density at radius 2 is 2.03 bits per heavy atom. The van der Waals surface area contributed by atoms with E-state index in [9.17, 15) is 13.2 Å². The SMILES string of the molecule is CC(C)(C)OC(=O)N1CCCC(C(OCCOS(C)(=O)=O)c2cccc(Cl)c2)C1. The van der Waals surface area contributed by atoms with Gasteiger partial charge in [0.25, 0.3) is 10.1 Å². The first-order valence-corrected chi connectivity index (χ1v) is 11.8. The van der Waals surface area contributed by atoms with Gasteiger partial charge in [-0.2, -0.15) is 8.42 Å². The number of likely N-dealkylation sites (tertiary alicyclic amines) is 1. The van der Waals surface area contributed by atoms with Gasteiger partial charge >= 0.3 is 6.09 Å². The van der Waals surface area contributed by atoms with Gasteiger partial charge < -0.3 is 14.4 Å². The smallest absolute Gasteiger partial charge is 0.410 e. The van der Waals surface area contributed by atoms with Crippen LogP contribution in [0.1, 0.15) is 45.3 Å². The van der Waals surface area contributed by atoms with Gasteiger partial charge in [-0.05, 0) is 51.3 Å². The molecule has 1 aromatic carbocycles. The predicted octanol–water partition coefficient (Wildman–Crippen LogP) is 4.02. The van der Waals surface area contributed by atoms with Crippen molar-refractivity contribution in [3.05, 3.63) is 34.9 Å². The van der Waals surface area contributed by atoms with E-state index in [2.05, 4.69) is 0 Å². The van der Waals surface area contributed by atoms with Crippen LogP contribution in [0.5, 0.6) is 0 Å². The molecule has 0 spiro atoms. The quantitative estimate of drug-likeness (QED) is 0.463. The number of carbonyl (C=O) groups excluding carboxylic acids is 1. The van der Waals surface area contributed by atoms with Crippen LogP contribution in [0.4, 0.5) is 4.79 Å². The van der Waals surface area contributed by atoms with Crippen molar-refractivity contribution in [1.29, 1.82) is 0 Å². The van der Waals surface area contributed by atoms with Gasteiger partial charge in [-0.25, -0.2) is 4.79 Å².